The van der Waals surface area contributed by atoms with Crippen LogP contribution in [0, 0.1) is 22.5 Å². The highest BCUT2D eigenvalue weighted by Gasteiger charge is 2.18. The number of nitro benzene ring substituents is 1. The van der Waals surface area contributed by atoms with Crippen LogP contribution in [-0.4, -0.2) is 27.0 Å². The first kappa shape index (κ1) is 17.7. The summed E-state index contributed by atoms with van der Waals surface area (Å²) in [5.74, 6) is 2.47. The lowest BCUT2D eigenvalue weighted by molar-refractivity contribution is -0.384. The van der Waals surface area contributed by atoms with Crippen molar-refractivity contribution in [1.82, 2.24) is 9.55 Å². The van der Waals surface area contributed by atoms with Gasteiger partial charge in [0.15, 0.2) is 0 Å². The summed E-state index contributed by atoms with van der Waals surface area (Å²) in [4.78, 5) is 27.2. The van der Waals surface area contributed by atoms with Gasteiger partial charge in [-0.25, -0.2) is 4.98 Å². The zero-order chi connectivity index (χ0) is 19.2. The highest BCUT2D eigenvalue weighted by atomic mass is 16.6. The normalized spacial score (nSPS) is 10.0. The summed E-state index contributed by atoms with van der Waals surface area (Å²) in [7, 11) is 0. The van der Waals surface area contributed by atoms with Gasteiger partial charge in [0.25, 0.3) is 11.6 Å². The molecule has 0 spiro atoms. The van der Waals surface area contributed by atoms with Crippen molar-refractivity contribution in [3.8, 4) is 23.8 Å². The first-order valence-electron chi connectivity index (χ1n) is 7.83. The van der Waals surface area contributed by atoms with E-state index in [1.54, 1.807) is 30.5 Å². The van der Waals surface area contributed by atoms with E-state index in [1.165, 1.54) is 35.3 Å². The molecule has 1 amide bonds. The summed E-state index contributed by atoms with van der Waals surface area (Å²) >= 11 is 0. The molecular weight excluding hydrogens is 348 g/mol. The fourth-order valence-electron chi connectivity index (χ4n) is 2.39. The van der Waals surface area contributed by atoms with Crippen LogP contribution in [0.4, 0.5) is 11.4 Å². The highest BCUT2D eigenvalue weighted by Crippen LogP contribution is 2.25. The van der Waals surface area contributed by atoms with Crippen LogP contribution in [0.25, 0.3) is 5.69 Å². The Morgan fingerprint density at radius 3 is 2.70 bits per heavy atom. The third-order valence-corrected chi connectivity index (χ3v) is 3.65. The molecule has 8 heteroatoms. The van der Waals surface area contributed by atoms with Crippen molar-refractivity contribution in [1.29, 1.82) is 0 Å². The average molecular weight is 362 g/mol. The van der Waals surface area contributed by atoms with Crippen molar-refractivity contribution in [2.24, 2.45) is 0 Å². The van der Waals surface area contributed by atoms with Crippen LogP contribution in [0.5, 0.6) is 5.75 Å². The molecule has 0 radical (unpaired) electrons. The zero-order valence-corrected chi connectivity index (χ0v) is 14.0. The lowest BCUT2D eigenvalue weighted by Gasteiger charge is -2.09. The van der Waals surface area contributed by atoms with Gasteiger partial charge in [-0.3, -0.25) is 14.9 Å². The van der Waals surface area contributed by atoms with Crippen LogP contribution in [0.3, 0.4) is 0 Å². The fourth-order valence-corrected chi connectivity index (χ4v) is 2.39. The molecule has 0 saturated heterocycles. The molecular formula is C19H14N4O4. The summed E-state index contributed by atoms with van der Waals surface area (Å²) < 4.78 is 6.77. The van der Waals surface area contributed by atoms with E-state index in [2.05, 4.69) is 16.2 Å². The molecule has 1 aromatic heterocycles. The molecule has 27 heavy (non-hydrogen) atoms. The molecule has 3 rings (SSSR count). The molecule has 0 unspecified atom stereocenters. The minimum absolute atomic E-state index is 0.151. The largest absolute Gasteiger partial charge is 0.481 e. The number of ether oxygens (including phenoxy) is 1. The third-order valence-electron chi connectivity index (χ3n) is 3.65. The van der Waals surface area contributed by atoms with E-state index in [9.17, 15) is 14.9 Å². The number of aromatic nitrogens is 2. The number of terminal acetylenes is 1. The Balaban J connectivity index is 1.80. The summed E-state index contributed by atoms with van der Waals surface area (Å²) in [5.41, 5.74) is 0.815. The number of carbonyl (C=O) groups excluding carboxylic acids is 1. The minimum Gasteiger partial charge on any atom is -0.481 e. The maximum Gasteiger partial charge on any atom is 0.294 e. The van der Waals surface area contributed by atoms with Crippen LogP contribution in [0.2, 0.25) is 0 Å². The molecule has 3 aromatic rings. The molecule has 0 aliphatic heterocycles. The third kappa shape index (κ3) is 4.11. The molecule has 8 nitrogen and oxygen atoms in total. The molecule has 0 fully saturated rings. The smallest absolute Gasteiger partial charge is 0.294 e. The first-order valence-corrected chi connectivity index (χ1v) is 7.83. The molecule has 2 aromatic carbocycles. The minimum atomic E-state index is -0.538. The molecule has 0 atom stereocenters. The van der Waals surface area contributed by atoms with Gasteiger partial charge in [-0.2, -0.15) is 0 Å². The molecule has 0 saturated carbocycles. The maximum absolute atomic E-state index is 12.4. The van der Waals surface area contributed by atoms with Gasteiger partial charge in [-0.05, 0) is 36.4 Å². The number of hydrogen-bond donors (Lipinski definition) is 1. The summed E-state index contributed by atoms with van der Waals surface area (Å²) in [6, 6.07) is 10.9. The Morgan fingerprint density at radius 2 is 2.07 bits per heavy atom. The number of carbonyl (C=O) groups is 1. The van der Waals surface area contributed by atoms with E-state index < -0.39 is 10.8 Å². The van der Waals surface area contributed by atoms with Gasteiger partial charge in [-0.1, -0.05) is 5.92 Å². The van der Waals surface area contributed by atoms with Crippen molar-refractivity contribution in [2.75, 3.05) is 11.9 Å². The number of nitrogens with one attached hydrogen (secondary N) is 1. The molecule has 0 bridgehead atoms. The van der Waals surface area contributed by atoms with E-state index in [0.29, 0.717) is 17.1 Å². The second-order valence-corrected chi connectivity index (χ2v) is 5.40. The molecule has 0 aliphatic carbocycles. The van der Waals surface area contributed by atoms with Gasteiger partial charge in [0.05, 0.1) is 11.3 Å². The zero-order valence-electron chi connectivity index (χ0n) is 14.0. The van der Waals surface area contributed by atoms with E-state index in [1.807, 2.05) is 0 Å². The monoisotopic (exact) mass is 362 g/mol. The number of anilines is 1. The number of imidazole rings is 1. The van der Waals surface area contributed by atoms with Crippen LogP contribution >= 0.6 is 0 Å². The van der Waals surface area contributed by atoms with Crippen molar-refractivity contribution < 1.29 is 14.5 Å². The second kappa shape index (κ2) is 7.84. The fraction of sp³-hybridized carbons (Fsp3) is 0.0526. The maximum atomic E-state index is 12.4. The Morgan fingerprint density at radius 1 is 1.30 bits per heavy atom. The van der Waals surface area contributed by atoms with Crippen LogP contribution in [-0.2, 0) is 0 Å². The highest BCUT2D eigenvalue weighted by molar-refractivity contribution is 6.04. The van der Waals surface area contributed by atoms with Gasteiger partial charge in [-0.15, -0.1) is 6.42 Å². The number of benzene rings is 2. The lowest BCUT2D eigenvalue weighted by Crippen LogP contribution is -2.12. The summed E-state index contributed by atoms with van der Waals surface area (Å²) in [5, 5.41) is 14.1. The average Bonchev–Trinajstić information content (AvgIpc) is 3.21. The summed E-state index contributed by atoms with van der Waals surface area (Å²) in [6.45, 7) is 0.151. The molecule has 0 aliphatic rings. The first-order chi connectivity index (χ1) is 13.1. The van der Waals surface area contributed by atoms with Crippen LogP contribution in [0.15, 0.2) is 61.2 Å². The van der Waals surface area contributed by atoms with E-state index in [4.69, 9.17) is 11.2 Å². The van der Waals surface area contributed by atoms with Gasteiger partial charge in [0, 0.05) is 29.7 Å². The van der Waals surface area contributed by atoms with Gasteiger partial charge >= 0.3 is 0 Å². The van der Waals surface area contributed by atoms with E-state index >= 15 is 0 Å². The number of nitro groups is 1. The summed E-state index contributed by atoms with van der Waals surface area (Å²) in [6.07, 6.45) is 9.68. The van der Waals surface area contributed by atoms with Crippen molar-refractivity contribution in [2.45, 2.75) is 0 Å². The van der Waals surface area contributed by atoms with E-state index in [0.717, 1.165) is 0 Å². The van der Waals surface area contributed by atoms with Gasteiger partial charge in [0.2, 0.25) is 0 Å². The topological polar surface area (TPSA) is 99.3 Å². The number of rotatable bonds is 6. The number of hydrogen-bond acceptors (Lipinski definition) is 5. The molecule has 1 N–H and O–H groups in total. The van der Waals surface area contributed by atoms with Gasteiger partial charge < -0.3 is 14.6 Å². The van der Waals surface area contributed by atoms with Crippen molar-refractivity contribution in [3.63, 3.8) is 0 Å². The Kier molecular flexibility index (Phi) is 5.14. The SMILES string of the molecule is C#CCOc1ccc(NC(=O)c2ccc(-n3ccnc3)c([N+](=O)[O-])c2)cc1. The van der Waals surface area contributed by atoms with E-state index in [-0.39, 0.29) is 17.9 Å². The van der Waals surface area contributed by atoms with Crippen LogP contribution in [0.1, 0.15) is 10.4 Å². The quantitative estimate of drug-likeness (QED) is 0.413. The van der Waals surface area contributed by atoms with Crippen molar-refractivity contribution in [3.05, 3.63) is 76.9 Å². The van der Waals surface area contributed by atoms with Crippen LogP contribution < -0.4 is 10.1 Å². The van der Waals surface area contributed by atoms with Gasteiger partial charge in [0.1, 0.15) is 18.0 Å². The second-order valence-electron chi connectivity index (χ2n) is 5.40. The number of amides is 1. The van der Waals surface area contributed by atoms with Crippen molar-refractivity contribution >= 4 is 17.3 Å². The lowest BCUT2D eigenvalue weighted by atomic mass is 10.1. The Labute approximate surface area is 154 Å². The standard InChI is InChI=1S/C19H14N4O4/c1-2-11-27-16-6-4-15(5-7-16)21-19(24)14-3-8-17(18(12-14)23(25)26)22-10-9-20-13-22/h1,3-10,12-13H,11H2,(H,21,24). The molecule has 134 valence electrons. The molecule has 1 heterocycles. The Hall–Kier alpha value is -4.12. The predicted molar refractivity (Wildman–Crippen MR) is 98.9 cm³/mol. The Bertz CT molecular complexity index is 1010. The number of nitrogens with zero attached hydrogens (tertiary/aromatic N) is 3. The predicted octanol–water partition coefficient (Wildman–Crippen LogP) is 3.04.